The molecule has 252 valence electrons. The Bertz CT molecular complexity index is 2500. The van der Waals surface area contributed by atoms with E-state index in [0.29, 0.717) is 12.1 Å². The van der Waals surface area contributed by atoms with Gasteiger partial charge >= 0.3 is 0 Å². The summed E-state index contributed by atoms with van der Waals surface area (Å²) in [5, 5.41) is 23.0. The molecule has 1 heterocycles. The molecule has 0 spiro atoms. The molecule has 0 aliphatic rings. The van der Waals surface area contributed by atoms with Crippen molar-refractivity contribution in [2.24, 2.45) is 5.73 Å². The summed E-state index contributed by atoms with van der Waals surface area (Å²) in [6.07, 6.45) is -0.801. The fraction of sp³-hybridized carbons (Fsp3) is 0.0652. The number of aromatic nitrogens is 1. The summed E-state index contributed by atoms with van der Waals surface area (Å²) in [6, 6.07) is 62.7. The van der Waals surface area contributed by atoms with Crippen LogP contribution < -0.4 is 21.7 Å². The molecule has 1 aromatic heterocycles. The van der Waals surface area contributed by atoms with Gasteiger partial charge in [-0.3, -0.25) is 10.6 Å². The molecule has 52 heavy (non-hydrogen) atoms. The third kappa shape index (κ3) is 6.80. The van der Waals surface area contributed by atoms with Gasteiger partial charge in [0, 0.05) is 39.9 Å². The molecule has 0 saturated carbocycles. The van der Waals surface area contributed by atoms with E-state index in [4.69, 9.17) is 5.73 Å². The number of nitrogens with zero attached hydrogens (tertiary/aromatic N) is 2. The SMILES string of the molecule is N#Cc1cccc(C(N)NC(NCc2ccccc2)c2cccc(Nc3cc4c(cc3-c3ccccc3)c3ccccc3n4-c3ccccc3)c2)c1. The summed E-state index contributed by atoms with van der Waals surface area (Å²) in [5.74, 6) is 0. The van der Waals surface area contributed by atoms with E-state index in [0.717, 1.165) is 50.3 Å². The number of nitrogens with two attached hydrogens (primary N) is 1. The zero-order valence-electron chi connectivity index (χ0n) is 28.6. The van der Waals surface area contributed by atoms with E-state index < -0.39 is 6.17 Å². The lowest BCUT2D eigenvalue weighted by atomic mass is 10.00. The van der Waals surface area contributed by atoms with Gasteiger partial charge in [-0.25, -0.2) is 0 Å². The Hall–Kier alpha value is -6.49. The molecular weight excluding hydrogens is 637 g/mol. The molecule has 0 amide bonds. The quantitative estimate of drug-likeness (QED) is 0.103. The number of benzene rings is 7. The van der Waals surface area contributed by atoms with Crippen LogP contribution in [0.3, 0.4) is 0 Å². The standard InChI is InChI=1S/C46H38N6/c47-30-33-16-12-19-35(26-33)45(48)51-46(49-31-32-14-4-1-5-15-32)36-20-13-21-37(27-36)50-42-29-44-41(28-40(42)34-17-6-2-7-18-34)39-24-10-11-25-43(39)52(44)38-22-8-3-9-23-38/h1-29,45-46,49-51H,31,48H2. The lowest BCUT2D eigenvalue weighted by Gasteiger charge is -2.26. The van der Waals surface area contributed by atoms with Crippen molar-refractivity contribution >= 4 is 33.2 Å². The number of fused-ring (bicyclic) bond motifs is 3. The van der Waals surface area contributed by atoms with Crippen LogP contribution in [-0.4, -0.2) is 4.57 Å². The zero-order valence-corrected chi connectivity index (χ0v) is 28.6. The lowest BCUT2D eigenvalue weighted by molar-refractivity contribution is 0.386. The van der Waals surface area contributed by atoms with Crippen molar-refractivity contribution in [1.29, 1.82) is 5.26 Å². The van der Waals surface area contributed by atoms with E-state index in [1.807, 2.05) is 36.4 Å². The highest BCUT2D eigenvalue weighted by molar-refractivity contribution is 6.12. The van der Waals surface area contributed by atoms with Crippen LogP contribution in [0.15, 0.2) is 176 Å². The molecule has 0 saturated heterocycles. The molecule has 0 aliphatic heterocycles. The predicted octanol–water partition coefficient (Wildman–Crippen LogP) is 10.1. The molecule has 0 aliphatic carbocycles. The second-order valence-electron chi connectivity index (χ2n) is 12.9. The molecule has 7 aromatic carbocycles. The minimum atomic E-state index is -0.509. The van der Waals surface area contributed by atoms with Crippen LogP contribution in [0.2, 0.25) is 0 Å². The van der Waals surface area contributed by atoms with E-state index in [-0.39, 0.29) is 6.17 Å². The van der Waals surface area contributed by atoms with Crippen LogP contribution in [0.5, 0.6) is 0 Å². The van der Waals surface area contributed by atoms with Gasteiger partial charge in [-0.2, -0.15) is 5.26 Å². The first-order valence-corrected chi connectivity index (χ1v) is 17.5. The van der Waals surface area contributed by atoms with Gasteiger partial charge < -0.3 is 15.6 Å². The van der Waals surface area contributed by atoms with Crippen molar-refractivity contribution in [1.82, 2.24) is 15.2 Å². The first-order chi connectivity index (χ1) is 25.6. The van der Waals surface area contributed by atoms with Gasteiger partial charge in [0.25, 0.3) is 0 Å². The molecule has 6 nitrogen and oxygen atoms in total. The third-order valence-electron chi connectivity index (χ3n) is 9.48. The van der Waals surface area contributed by atoms with Crippen LogP contribution in [0, 0.1) is 11.3 Å². The Morgan fingerprint density at radius 2 is 1.31 bits per heavy atom. The van der Waals surface area contributed by atoms with Crippen LogP contribution in [-0.2, 0) is 6.54 Å². The molecule has 8 rings (SSSR count). The van der Waals surface area contributed by atoms with Gasteiger partial charge in [0.05, 0.1) is 35.0 Å². The summed E-state index contributed by atoms with van der Waals surface area (Å²) in [4.78, 5) is 0. The van der Waals surface area contributed by atoms with Crippen LogP contribution in [0.4, 0.5) is 11.4 Å². The third-order valence-corrected chi connectivity index (χ3v) is 9.48. The fourth-order valence-electron chi connectivity index (χ4n) is 6.95. The molecule has 0 radical (unpaired) electrons. The summed E-state index contributed by atoms with van der Waals surface area (Å²) in [6.45, 7) is 0.639. The second kappa shape index (κ2) is 14.8. The maximum Gasteiger partial charge on any atom is 0.0991 e. The summed E-state index contributed by atoms with van der Waals surface area (Å²) in [5.41, 5.74) is 18.0. The molecule has 0 bridgehead atoms. The molecule has 6 heteroatoms. The molecular formula is C46H38N6. The maximum atomic E-state index is 9.49. The Balaban J connectivity index is 1.20. The number of nitrogens with one attached hydrogen (secondary N) is 3. The molecule has 2 atom stereocenters. The predicted molar refractivity (Wildman–Crippen MR) is 213 cm³/mol. The number of para-hydroxylation sites is 2. The van der Waals surface area contributed by atoms with Crippen molar-refractivity contribution in [3.05, 3.63) is 198 Å². The van der Waals surface area contributed by atoms with E-state index >= 15 is 0 Å². The lowest BCUT2D eigenvalue weighted by Crippen LogP contribution is -2.39. The van der Waals surface area contributed by atoms with Gasteiger partial charge in [0.1, 0.15) is 0 Å². The number of nitriles is 1. The van der Waals surface area contributed by atoms with E-state index in [1.165, 1.54) is 16.3 Å². The van der Waals surface area contributed by atoms with Crippen molar-refractivity contribution in [3.8, 4) is 22.9 Å². The average molecular weight is 675 g/mol. The zero-order chi connectivity index (χ0) is 35.3. The summed E-state index contributed by atoms with van der Waals surface area (Å²) >= 11 is 0. The van der Waals surface area contributed by atoms with Crippen molar-refractivity contribution in [2.45, 2.75) is 18.9 Å². The highest BCUT2D eigenvalue weighted by Crippen LogP contribution is 2.40. The smallest absolute Gasteiger partial charge is 0.0991 e. The number of rotatable bonds is 11. The molecule has 0 fully saturated rings. The fourth-order valence-corrected chi connectivity index (χ4v) is 6.95. The normalized spacial score (nSPS) is 12.4. The summed E-state index contributed by atoms with van der Waals surface area (Å²) in [7, 11) is 0. The van der Waals surface area contributed by atoms with Gasteiger partial charge in [-0.1, -0.05) is 121 Å². The first-order valence-electron chi connectivity index (χ1n) is 17.5. The molecule has 2 unspecified atom stereocenters. The number of hydrogen-bond acceptors (Lipinski definition) is 5. The number of hydrogen-bond donors (Lipinski definition) is 4. The monoisotopic (exact) mass is 674 g/mol. The Labute approximate surface area is 303 Å². The minimum Gasteiger partial charge on any atom is -0.355 e. The maximum absolute atomic E-state index is 9.49. The van der Waals surface area contributed by atoms with Gasteiger partial charge in [-0.15, -0.1) is 0 Å². The summed E-state index contributed by atoms with van der Waals surface area (Å²) < 4.78 is 2.34. The largest absolute Gasteiger partial charge is 0.355 e. The molecule has 5 N–H and O–H groups in total. The van der Waals surface area contributed by atoms with Crippen molar-refractivity contribution in [2.75, 3.05) is 5.32 Å². The van der Waals surface area contributed by atoms with Gasteiger partial charge in [0.2, 0.25) is 0 Å². The highest BCUT2D eigenvalue weighted by Gasteiger charge is 2.19. The Kier molecular flexibility index (Phi) is 9.29. The Morgan fingerprint density at radius 1 is 0.615 bits per heavy atom. The van der Waals surface area contributed by atoms with Crippen LogP contribution >= 0.6 is 0 Å². The van der Waals surface area contributed by atoms with E-state index in [1.54, 1.807) is 6.07 Å². The van der Waals surface area contributed by atoms with E-state index in [9.17, 15) is 5.26 Å². The van der Waals surface area contributed by atoms with Gasteiger partial charge in [-0.05, 0) is 76.9 Å². The van der Waals surface area contributed by atoms with Gasteiger partial charge in [0.15, 0.2) is 0 Å². The van der Waals surface area contributed by atoms with Crippen molar-refractivity contribution in [3.63, 3.8) is 0 Å². The number of anilines is 2. The first kappa shape index (κ1) is 32.7. The van der Waals surface area contributed by atoms with E-state index in [2.05, 4.69) is 160 Å². The van der Waals surface area contributed by atoms with Crippen molar-refractivity contribution < 1.29 is 0 Å². The second-order valence-corrected chi connectivity index (χ2v) is 12.9. The van der Waals surface area contributed by atoms with Crippen LogP contribution in [0.1, 0.15) is 34.6 Å². The Morgan fingerprint density at radius 3 is 2.10 bits per heavy atom. The topological polar surface area (TPSA) is 90.8 Å². The minimum absolute atomic E-state index is 0.292. The highest BCUT2D eigenvalue weighted by atomic mass is 15.2. The molecule has 8 aromatic rings. The average Bonchev–Trinajstić information content (AvgIpc) is 3.53. The van der Waals surface area contributed by atoms with Crippen LogP contribution in [0.25, 0.3) is 38.6 Å².